The normalized spacial score (nSPS) is 26.5. The zero-order valence-corrected chi connectivity index (χ0v) is 13.3. The predicted octanol–water partition coefficient (Wildman–Crippen LogP) is 4.30. The van der Waals surface area contributed by atoms with Gasteiger partial charge in [0.25, 0.3) is 0 Å². The summed E-state index contributed by atoms with van der Waals surface area (Å²) in [5.41, 5.74) is -0.0876. The molecule has 1 aliphatic heterocycles. The van der Waals surface area contributed by atoms with E-state index in [0.717, 1.165) is 51.9 Å². The van der Waals surface area contributed by atoms with Gasteiger partial charge in [-0.25, -0.2) is 0 Å². The number of hydrogen-bond donors (Lipinski definition) is 0. The maximum Gasteiger partial charge on any atom is 0.173 e. The fourth-order valence-electron chi connectivity index (χ4n) is 2.74. The van der Waals surface area contributed by atoms with E-state index >= 15 is 0 Å². The fraction of sp³-hybridized carbons (Fsp3) is 1.00. The van der Waals surface area contributed by atoms with Crippen LogP contribution in [0.25, 0.3) is 0 Å². The first-order chi connectivity index (χ1) is 9.10. The van der Waals surface area contributed by atoms with Gasteiger partial charge in [0.1, 0.15) is 0 Å². The van der Waals surface area contributed by atoms with E-state index in [9.17, 15) is 0 Å². The molecule has 19 heavy (non-hydrogen) atoms. The van der Waals surface area contributed by atoms with Crippen LogP contribution in [-0.4, -0.2) is 31.2 Å². The van der Waals surface area contributed by atoms with Crippen LogP contribution in [-0.2, 0) is 14.2 Å². The van der Waals surface area contributed by atoms with E-state index < -0.39 is 5.79 Å². The highest BCUT2D eigenvalue weighted by Gasteiger charge is 2.44. The molecule has 3 heteroatoms. The third-order valence-electron chi connectivity index (χ3n) is 3.77. The van der Waals surface area contributed by atoms with E-state index in [-0.39, 0.29) is 5.60 Å². The van der Waals surface area contributed by atoms with Gasteiger partial charge < -0.3 is 14.2 Å². The molecule has 0 spiro atoms. The van der Waals surface area contributed by atoms with Crippen LogP contribution in [0.4, 0.5) is 0 Å². The second kappa shape index (κ2) is 8.23. The highest BCUT2D eigenvalue weighted by molar-refractivity contribution is 4.89. The molecule has 0 aromatic carbocycles. The van der Waals surface area contributed by atoms with E-state index in [1.54, 1.807) is 0 Å². The number of ether oxygens (including phenoxy) is 3. The Kier molecular flexibility index (Phi) is 7.33. The molecule has 0 aromatic heterocycles. The molecule has 0 bridgehead atoms. The summed E-state index contributed by atoms with van der Waals surface area (Å²) in [7, 11) is 0. The Balaban J connectivity index is 2.66. The fourth-order valence-corrected chi connectivity index (χ4v) is 2.74. The van der Waals surface area contributed by atoms with E-state index in [0.29, 0.717) is 0 Å². The van der Waals surface area contributed by atoms with Crippen molar-refractivity contribution in [2.75, 3.05) is 19.8 Å². The van der Waals surface area contributed by atoms with Gasteiger partial charge >= 0.3 is 0 Å². The molecule has 3 nitrogen and oxygen atoms in total. The molecule has 1 heterocycles. The van der Waals surface area contributed by atoms with Crippen molar-refractivity contribution in [2.24, 2.45) is 0 Å². The first-order valence-corrected chi connectivity index (χ1v) is 8.01. The van der Waals surface area contributed by atoms with Crippen molar-refractivity contribution < 1.29 is 14.2 Å². The van der Waals surface area contributed by atoms with Gasteiger partial charge in [0.15, 0.2) is 5.79 Å². The molecule has 1 rings (SSSR count). The monoisotopic (exact) mass is 272 g/mol. The lowest BCUT2D eigenvalue weighted by molar-refractivity contribution is -0.297. The lowest BCUT2D eigenvalue weighted by Crippen LogP contribution is -2.51. The van der Waals surface area contributed by atoms with Crippen LogP contribution >= 0.6 is 0 Å². The molecule has 0 radical (unpaired) electrons. The van der Waals surface area contributed by atoms with Gasteiger partial charge in [0, 0.05) is 26.1 Å². The summed E-state index contributed by atoms with van der Waals surface area (Å²) in [6.45, 7) is 11.0. The topological polar surface area (TPSA) is 27.7 Å². The van der Waals surface area contributed by atoms with Gasteiger partial charge in [-0.2, -0.15) is 0 Å². The van der Waals surface area contributed by atoms with E-state index in [1.165, 1.54) is 12.8 Å². The van der Waals surface area contributed by atoms with Crippen LogP contribution in [0.3, 0.4) is 0 Å². The molecule has 1 fully saturated rings. The summed E-state index contributed by atoms with van der Waals surface area (Å²) < 4.78 is 18.2. The van der Waals surface area contributed by atoms with Gasteiger partial charge in [0.05, 0.1) is 12.2 Å². The van der Waals surface area contributed by atoms with Crippen molar-refractivity contribution in [1.29, 1.82) is 0 Å². The standard InChI is InChI=1S/C16H32O3/c1-5-8-9-15(4)14-16(10-13-17-15,18-11-6-2)19-12-7-3/h5-14H2,1-4H3. The molecule has 114 valence electrons. The summed E-state index contributed by atoms with van der Waals surface area (Å²) in [6.07, 6.45) is 7.28. The van der Waals surface area contributed by atoms with Gasteiger partial charge in [-0.3, -0.25) is 0 Å². The molecule has 0 saturated carbocycles. The molecule has 1 unspecified atom stereocenters. The second-order valence-corrected chi connectivity index (χ2v) is 5.94. The minimum atomic E-state index is -0.410. The van der Waals surface area contributed by atoms with Crippen molar-refractivity contribution in [3.05, 3.63) is 0 Å². The lowest BCUT2D eigenvalue weighted by Gasteiger charge is -2.45. The van der Waals surface area contributed by atoms with Crippen LogP contribution in [0.1, 0.15) is 72.6 Å². The van der Waals surface area contributed by atoms with Gasteiger partial charge in [-0.05, 0) is 26.2 Å². The average Bonchev–Trinajstić information content (AvgIpc) is 2.41. The molecule has 0 amide bonds. The lowest BCUT2D eigenvalue weighted by atomic mass is 9.86. The Hall–Kier alpha value is -0.120. The Morgan fingerprint density at radius 1 is 1.00 bits per heavy atom. The maximum atomic E-state index is 6.10. The van der Waals surface area contributed by atoms with E-state index in [4.69, 9.17) is 14.2 Å². The minimum absolute atomic E-state index is 0.0876. The molecule has 1 aliphatic rings. The van der Waals surface area contributed by atoms with Gasteiger partial charge in [-0.1, -0.05) is 33.6 Å². The number of hydrogen-bond acceptors (Lipinski definition) is 3. The Labute approximate surface area is 119 Å². The molecule has 0 N–H and O–H groups in total. The van der Waals surface area contributed by atoms with Crippen molar-refractivity contribution in [3.63, 3.8) is 0 Å². The van der Waals surface area contributed by atoms with Crippen molar-refractivity contribution in [3.8, 4) is 0 Å². The van der Waals surface area contributed by atoms with Crippen LogP contribution in [0.15, 0.2) is 0 Å². The third-order valence-corrected chi connectivity index (χ3v) is 3.77. The van der Waals surface area contributed by atoms with E-state index in [1.807, 2.05) is 0 Å². The molecular weight excluding hydrogens is 240 g/mol. The number of unbranched alkanes of at least 4 members (excludes halogenated alkanes) is 1. The first-order valence-electron chi connectivity index (χ1n) is 8.01. The third kappa shape index (κ3) is 5.41. The first kappa shape index (κ1) is 16.9. The van der Waals surface area contributed by atoms with Crippen LogP contribution in [0.5, 0.6) is 0 Å². The Morgan fingerprint density at radius 2 is 1.63 bits per heavy atom. The summed E-state index contributed by atoms with van der Waals surface area (Å²) >= 11 is 0. The summed E-state index contributed by atoms with van der Waals surface area (Å²) in [5.74, 6) is -0.410. The molecular formula is C16H32O3. The highest BCUT2D eigenvalue weighted by atomic mass is 16.7. The summed E-state index contributed by atoms with van der Waals surface area (Å²) in [4.78, 5) is 0. The van der Waals surface area contributed by atoms with Crippen molar-refractivity contribution >= 4 is 0 Å². The van der Waals surface area contributed by atoms with E-state index in [2.05, 4.69) is 27.7 Å². The Bertz CT molecular complexity index is 234. The molecule has 1 atom stereocenters. The summed E-state index contributed by atoms with van der Waals surface area (Å²) in [5, 5.41) is 0. The van der Waals surface area contributed by atoms with Crippen LogP contribution in [0, 0.1) is 0 Å². The minimum Gasteiger partial charge on any atom is -0.375 e. The molecule has 1 saturated heterocycles. The quantitative estimate of drug-likeness (QED) is 0.586. The van der Waals surface area contributed by atoms with Gasteiger partial charge in [-0.15, -0.1) is 0 Å². The largest absolute Gasteiger partial charge is 0.375 e. The average molecular weight is 272 g/mol. The SMILES string of the molecule is CCCCC1(C)CC(OCCC)(OCCC)CCO1. The highest BCUT2D eigenvalue weighted by Crippen LogP contribution is 2.39. The van der Waals surface area contributed by atoms with Crippen LogP contribution in [0.2, 0.25) is 0 Å². The van der Waals surface area contributed by atoms with Crippen molar-refractivity contribution in [1.82, 2.24) is 0 Å². The Morgan fingerprint density at radius 3 is 2.16 bits per heavy atom. The maximum absolute atomic E-state index is 6.10. The molecule has 0 aromatic rings. The van der Waals surface area contributed by atoms with Crippen LogP contribution < -0.4 is 0 Å². The van der Waals surface area contributed by atoms with Crippen molar-refractivity contribution in [2.45, 2.75) is 84.0 Å². The molecule has 0 aliphatic carbocycles. The summed E-state index contributed by atoms with van der Waals surface area (Å²) in [6, 6.07) is 0. The zero-order chi connectivity index (χ0) is 14.2. The smallest absolute Gasteiger partial charge is 0.173 e. The zero-order valence-electron chi connectivity index (χ0n) is 13.3. The second-order valence-electron chi connectivity index (χ2n) is 5.94. The van der Waals surface area contributed by atoms with Gasteiger partial charge in [0.2, 0.25) is 0 Å². The predicted molar refractivity (Wildman–Crippen MR) is 78.3 cm³/mol. The number of rotatable bonds is 9.